The maximum absolute atomic E-state index is 6.25. The molecular weight excluding hydrogens is 494 g/mol. The smallest absolute Gasteiger partial charge is 0.512 e. The van der Waals surface area contributed by atoms with Crippen LogP contribution in [0, 0.1) is 71.0 Å². The van der Waals surface area contributed by atoms with E-state index in [4.69, 9.17) is 71.0 Å². The van der Waals surface area contributed by atoms with Crippen molar-refractivity contribution in [1.82, 2.24) is 0 Å². The zero-order chi connectivity index (χ0) is 12.0. The van der Waals surface area contributed by atoms with Crippen LogP contribution in [0.3, 0.4) is 0 Å². The summed E-state index contributed by atoms with van der Waals surface area (Å²) in [4.78, 5) is 0. The first-order valence-electron chi connectivity index (χ1n) is 1.34. The molecule has 0 amide bonds. The van der Waals surface area contributed by atoms with E-state index in [9.17, 15) is 0 Å². The quantitative estimate of drug-likeness (QED) is 0.242. The molecule has 0 aromatic carbocycles. The van der Waals surface area contributed by atoms with Crippen LogP contribution in [0.2, 0.25) is 0 Å². The summed E-state index contributed by atoms with van der Waals surface area (Å²) < 4.78 is 0. The molecule has 66 valence electrons. The fourth-order valence-electron chi connectivity index (χ4n) is 0. The standard InChI is InChI=1S/6CN.Cs.Fe.K.Mg.Rb/c6*1-2;;;;;/q6*-1;+1;+2;+1;+2;+1. The van der Waals surface area contributed by atoms with Crippen LogP contribution < -0.4 is 178 Å². The van der Waals surface area contributed by atoms with E-state index in [1.165, 1.54) is 0 Å². The van der Waals surface area contributed by atoms with Crippen LogP contribution in [-0.4, -0.2) is 23.1 Å². The van der Waals surface area contributed by atoms with E-state index in [2.05, 4.69) is 0 Å². The fraction of sp³-hybridized carbons (Fsp3) is 0. The summed E-state index contributed by atoms with van der Waals surface area (Å²) >= 11 is 0. The molecule has 0 atom stereocenters. The van der Waals surface area contributed by atoms with Crippen LogP contribution in [0.25, 0.3) is 0 Å². The molecule has 0 N–H and O–H groups in total. The van der Waals surface area contributed by atoms with Gasteiger partial charge < -0.3 is 71.0 Å². The number of hydrogen-bond donors (Lipinski definition) is 0. The predicted molar refractivity (Wildman–Crippen MR) is 35.6 cm³/mol. The molecule has 0 aromatic rings. The Morgan fingerprint density at radius 1 is 0.471 bits per heavy atom. The van der Waals surface area contributed by atoms with Gasteiger partial charge in [-0.25, -0.2) is 0 Å². The van der Waals surface area contributed by atoms with Gasteiger partial charge in [0, 0.05) is 0 Å². The van der Waals surface area contributed by atoms with Gasteiger partial charge in [-0.1, -0.05) is 0 Å². The molecule has 0 aromatic heterocycles. The van der Waals surface area contributed by atoms with Crippen molar-refractivity contribution < 1.29 is 196 Å². The molecule has 6 nitrogen and oxygen atoms in total. The summed E-state index contributed by atoms with van der Waals surface area (Å²) in [7, 11) is 0. The van der Waals surface area contributed by atoms with Crippen molar-refractivity contribution >= 4 is 23.1 Å². The summed E-state index contributed by atoms with van der Waals surface area (Å²) in [5.41, 5.74) is 0. The van der Waals surface area contributed by atoms with Crippen LogP contribution in [0.1, 0.15) is 0 Å². The van der Waals surface area contributed by atoms with Crippen molar-refractivity contribution in [2.75, 3.05) is 0 Å². The molecule has 17 heavy (non-hydrogen) atoms. The van der Waals surface area contributed by atoms with Crippen LogP contribution in [0.4, 0.5) is 0 Å². The Labute approximate surface area is 280 Å². The topological polar surface area (TPSA) is 143 Å². The third kappa shape index (κ3) is 448. The zero-order valence-corrected chi connectivity index (χ0v) is 26.6. The maximum atomic E-state index is 6.25. The molecule has 0 saturated heterocycles. The molecule has 11 heteroatoms. The van der Waals surface area contributed by atoms with Crippen molar-refractivity contribution in [2.24, 2.45) is 0 Å². The summed E-state index contributed by atoms with van der Waals surface area (Å²) in [5.74, 6) is 0. The van der Waals surface area contributed by atoms with E-state index in [1.807, 2.05) is 0 Å². The Kier molecular flexibility index (Phi) is 2510. The van der Waals surface area contributed by atoms with Gasteiger partial charge in [-0.2, -0.15) is 0 Å². The van der Waals surface area contributed by atoms with E-state index in [0.29, 0.717) is 0 Å². The molecule has 0 fully saturated rings. The van der Waals surface area contributed by atoms with E-state index in [1.54, 1.807) is 0 Å². The minimum Gasteiger partial charge on any atom is -0.512 e. The van der Waals surface area contributed by atoms with Crippen molar-refractivity contribution in [1.29, 1.82) is 31.6 Å². The van der Waals surface area contributed by atoms with E-state index < -0.39 is 0 Å². The molecule has 0 spiro atoms. The van der Waals surface area contributed by atoms with Gasteiger partial charge in [0.15, 0.2) is 0 Å². The van der Waals surface area contributed by atoms with Crippen molar-refractivity contribution in [3.8, 4) is 0 Å². The van der Waals surface area contributed by atoms with E-state index in [0.717, 1.165) is 0 Å². The van der Waals surface area contributed by atoms with Gasteiger partial charge in [0.25, 0.3) is 0 Å². The van der Waals surface area contributed by atoms with Gasteiger partial charge >= 0.3 is 219 Å². The maximum Gasteiger partial charge on any atom is 2.00 e. The first-order chi connectivity index (χ1) is 6.00. The monoisotopic (exact) mass is 493 g/mol. The molecule has 0 aliphatic heterocycles. The van der Waals surface area contributed by atoms with Gasteiger partial charge in [-0.05, 0) is 0 Å². The van der Waals surface area contributed by atoms with Crippen LogP contribution >= 0.6 is 0 Å². The fourth-order valence-corrected chi connectivity index (χ4v) is 0. The second-order valence-electron chi connectivity index (χ2n) is 0. The Morgan fingerprint density at radius 3 is 0.471 bits per heavy atom. The average molecular weight is 494 g/mol. The van der Waals surface area contributed by atoms with Crippen LogP contribution in [0.5, 0.6) is 0 Å². The van der Waals surface area contributed by atoms with Gasteiger partial charge in [-0.15, -0.1) is 0 Å². The van der Waals surface area contributed by atoms with Crippen molar-refractivity contribution in [3.63, 3.8) is 0 Å². The third-order valence-electron chi connectivity index (χ3n) is 0. The number of hydrogen-bond acceptors (Lipinski definition) is 6. The molecule has 0 saturated carbocycles. The van der Waals surface area contributed by atoms with Crippen molar-refractivity contribution in [3.05, 3.63) is 39.4 Å². The molecule has 0 aliphatic rings. The Balaban J connectivity index is -0.00000000267. The normalized spacial score (nSPS) is 0.706. The average Bonchev–Trinajstić information content (AvgIpc) is 2.33. The zero-order valence-electron chi connectivity index (χ0n) is 9.74. The van der Waals surface area contributed by atoms with E-state index in [-0.39, 0.29) is 219 Å². The third-order valence-corrected chi connectivity index (χ3v) is 0. The molecular formula is C6CsFeKMgN6Rb+. The summed E-state index contributed by atoms with van der Waals surface area (Å²) in [6.07, 6.45) is 0. The Morgan fingerprint density at radius 2 is 0.471 bits per heavy atom. The summed E-state index contributed by atoms with van der Waals surface area (Å²) in [6, 6.07) is 0. The Bertz CT molecular complexity index is 114. The molecule has 0 aliphatic carbocycles. The minimum absolute atomic E-state index is 0. The summed E-state index contributed by atoms with van der Waals surface area (Å²) in [6.45, 7) is 28.5. The molecule has 0 heterocycles. The second kappa shape index (κ2) is 500. The molecule has 0 bridgehead atoms. The van der Waals surface area contributed by atoms with E-state index >= 15 is 0 Å². The largest absolute Gasteiger partial charge is 2.00 e. The van der Waals surface area contributed by atoms with Gasteiger partial charge in [0.05, 0.1) is 0 Å². The number of nitrogens with zero attached hydrogens (tertiary/aromatic N) is 6. The first-order valence-corrected chi connectivity index (χ1v) is 1.34. The van der Waals surface area contributed by atoms with Gasteiger partial charge in [-0.3, -0.25) is 0 Å². The summed E-state index contributed by atoms with van der Waals surface area (Å²) in [5, 5.41) is 37.5. The minimum atomic E-state index is 0. The number of rotatable bonds is 0. The SMILES string of the molecule is [C-]#N.[C-]#N.[C-]#N.[C-]#N.[C-]#N.[C-]#N.[Cs+].[Fe+2].[K+].[Mg+2].[Rb+]. The van der Waals surface area contributed by atoms with Crippen LogP contribution in [0.15, 0.2) is 0 Å². The molecule has 0 unspecified atom stereocenters. The molecule has 0 radical (unpaired) electrons. The Hall–Kier alpha value is 3.72. The molecule has 0 rings (SSSR count). The predicted octanol–water partition coefficient (Wildman–Crippen LogP) is -8.79. The van der Waals surface area contributed by atoms with Gasteiger partial charge in [0.2, 0.25) is 0 Å². The van der Waals surface area contributed by atoms with Crippen LogP contribution in [-0.2, 0) is 17.1 Å². The van der Waals surface area contributed by atoms with Crippen molar-refractivity contribution in [2.45, 2.75) is 0 Å². The first kappa shape index (κ1) is 85.3. The van der Waals surface area contributed by atoms with Gasteiger partial charge in [0.1, 0.15) is 0 Å². The second-order valence-corrected chi connectivity index (χ2v) is 0.